The van der Waals surface area contributed by atoms with Gasteiger partial charge in [0.05, 0.1) is 12.2 Å². The lowest BCUT2D eigenvalue weighted by Gasteiger charge is -2.13. The number of carbonyl (C=O) groups excluding carboxylic acids is 1. The molecule has 0 atom stereocenters. The zero-order valence-corrected chi connectivity index (χ0v) is 20.5. The molecule has 0 aromatic heterocycles. The first-order valence-electron chi connectivity index (χ1n) is 10.1. The average Bonchev–Trinajstić information content (AvgIpc) is 3.15. The van der Waals surface area contributed by atoms with Crippen molar-refractivity contribution in [2.45, 2.75) is 13.5 Å². The summed E-state index contributed by atoms with van der Waals surface area (Å²) in [4.78, 5) is 12.4. The van der Waals surface area contributed by atoms with Crippen molar-refractivity contribution in [3.05, 3.63) is 104 Å². The Morgan fingerprint density at radius 2 is 1.56 bits per heavy atom. The van der Waals surface area contributed by atoms with E-state index >= 15 is 0 Å². The predicted molar refractivity (Wildman–Crippen MR) is 132 cm³/mol. The van der Waals surface area contributed by atoms with Gasteiger partial charge in [-0.1, -0.05) is 62.2 Å². The molecule has 0 saturated carbocycles. The maximum atomic E-state index is 12.4. The standard InChI is InChI=1S/C26H20Br2O4/c1-2-30-25-14-18(5-12-23(25)31-16-17-3-8-21(27)9-4-17)13-20-15-24(32-26(20)29)19-6-10-22(28)11-7-19/h3-15H,2,16H2,1H3/b20-13+. The molecule has 6 heteroatoms. The highest BCUT2D eigenvalue weighted by Crippen LogP contribution is 2.32. The first-order valence-corrected chi connectivity index (χ1v) is 11.7. The summed E-state index contributed by atoms with van der Waals surface area (Å²) in [6, 6.07) is 21.2. The fourth-order valence-electron chi connectivity index (χ4n) is 3.17. The molecule has 1 aliphatic rings. The minimum atomic E-state index is -0.378. The first kappa shape index (κ1) is 22.4. The van der Waals surface area contributed by atoms with Gasteiger partial charge in [-0.2, -0.15) is 0 Å². The van der Waals surface area contributed by atoms with E-state index in [1.807, 2.05) is 73.7 Å². The molecule has 1 heterocycles. The normalized spacial score (nSPS) is 14.3. The second kappa shape index (κ2) is 10.2. The molecule has 0 unspecified atom stereocenters. The minimum Gasteiger partial charge on any atom is -0.490 e. The van der Waals surface area contributed by atoms with Crippen LogP contribution in [0.3, 0.4) is 0 Å². The van der Waals surface area contributed by atoms with Crippen LogP contribution in [0.1, 0.15) is 23.6 Å². The zero-order chi connectivity index (χ0) is 22.5. The topological polar surface area (TPSA) is 44.8 Å². The first-order chi connectivity index (χ1) is 15.5. The smallest absolute Gasteiger partial charge is 0.343 e. The third kappa shape index (κ3) is 5.50. The molecule has 0 spiro atoms. The largest absolute Gasteiger partial charge is 0.490 e. The van der Waals surface area contributed by atoms with Crippen LogP contribution in [-0.4, -0.2) is 12.6 Å². The molecule has 4 rings (SSSR count). The minimum absolute atomic E-state index is 0.378. The lowest BCUT2D eigenvalue weighted by Crippen LogP contribution is -2.00. The van der Waals surface area contributed by atoms with E-state index in [0.717, 1.165) is 25.6 Å². The van der Waals surface area contributed by atoms with Gasteiger partial charge in [0.25, 0.3) is 0 Å². The Labute approximate surface area is 203 Å². The van der Waals surface area contributed by atoms with Crippen LogP contribution in [0.25, 0.3) is 11.8 Å². The molecular weight excluding hydrogens is 536 g/mol. The van der Waals surface area contributed by atoms with Gasteiger partial charge in [-0.25, -0.2) is 4.79 Å². The highest BCUT2D eigenvalue weighted by atomic mass is 79.9. The average molecular weight is 556 g/mol. The number of carbonyl (C=O) groups is 1. The molecule has 0 saturated heterocycles. The highest BCUT2D eigenvalue weighted by Gasteiger charge is 2.22. The SMILES string of the molecule is CCOc1cc(/C=C2\C=C(c3ccc(Br)cc3)OC2=O)ccc1OCc1ccc(Br)cc1. The third-order valence-electron chi connectivity index (χ3n) is 4.75. The Hall–Kier alpha value is -2.83. The summed E-state index contributed by atoms with van der Waals surface area (Å²) in [6.07, 6.45) is 3.54. The molecule has 162 valence electrons. The number of halogens is 2. The second-order valence-electron chi connectivity index (χ2n) is 7.06. The Kier molecular flexibility index (Phi) is 7.12. The van der Waals surface area contributed by atoms with Crippen LogP contribution >= 0.6 is 31.9 Å². The second-order valence-corrected chi connectivity index (χ2v) is 8.89. The number of rotatable bonds is 7. The van der Waals surface area contributed by atoms with Gasteiger partial charge in [0, 0.05) is 14.5 Å². The molecule has 0 aliphatic carbocycles. The van der Waals surface area contributed by atoms with Gasteiger partial charge in [-0.05, 0) is 66.6 Å². The summed E-state index contributed by atoms with van der Waals surface area (Å²) in [5.41, 5.74) is 3.20. The van der Waals surface area contributed by atoms with Crippen molar-refractivity contribution in [3.63, 3.8) is 0 Å². The molecule has 0 N–H and O–H groups in total. The Balaban J connectivity index is 1.54. The molecule has 1 aliphatic heterocycles. The maximum Gasteiger partial charge on any atom is 0.343 e. The molecule has 0 radical (unpaired) electrons. The number of cyclic esters (lactones) is 1. The summed E-state index contributed by atoms with van der Waals surface area (Å²) in [5, 5.41) is 0. The van der Waals surface area contributed by atoms with Gasteiger partial charge < -0.3 is 14.2 Å². The van der Waals surface area contributed by atoms with Crippen LogP contribution in [0.15, 0.2) is 87.3 Å². The van der Waals surface area contributed by atoms with Gasteiger partial charge in [0.2, 0.25) is 0 Å². The quantitative estimate of drug-likeness (QED) is 0.229. The summed E-state index contributed by atoms with van der Waals surface area (Å²) >= 11 is 6.85. The molecule has 3 aromatic rings. The van der Waals surface area contributed by atoms with Crippen LogP contribution in [0.2, 0.25) is 0 Å². The number of ether oxygens (including phenoxy) is 3. The Morgan fingerprint density at radius 3 is 2.25 bits per heavy atom. The van der Waals surface area contributed by atoms with E-state index in [0.29, 0.717) is 36.0 Å². The van der Waals surface area contributed by atoms with Gasteiger partial charge in [0.1, 0.15) is 12.4 Å². The number of benzene rings is 3. The van der Waals surface area contributed by atoms with Crippen molar-refractivity contribution in [2.24, 2.45) is 0 Å². The van der Waals surface area contributed by atoms with E-state index in [1.165, 1.54) is 0 Å². The molecule has 0 fully saturated rings. The van der Waals surface area contributed by atoms with Crippen molar-refractivity contribution in [1.82, 2.24) is 0 Å². The van der Waals surface area contributed by atoms with E-state index in [-0.39, 0.29) is 5.97 Å². The maximum absolute atomic E-state index is 12.4. The van der Waals surface area contributed by atoms with E-state index in [1.54, 1.807) is 12.2 Å². The fourth-order valence-corrected chi connectivity index (χ4v) is 3.70. The van der Waals surface area contributed by atoms with Gasteiger partial charge in [-0.3, -0.25) is 0 Å². The fraction of sp³-hybridized carbons (Fsp3) is 0.115. The number of hydrogen-bond acceptors (Lipinski definition) is 4. The summed E-state index contributed by atoms with van der Waals surface area (Å²) in [6.45, 7) is 2.86. The van der Waals surface area contributed by atoms with Gasteiger partial charge in [0.15, 0.2) is 11.5 Å². The van der Waals surface area contributed by atoms with Gasteiger partial charge in [-0.15, -0.1) is 0 Å². The van der Waals surface area contributed by atoms with Crippen LogP contribution < -0.4 is 9.47 Å². The van der Waals surface area contributed by atoms with Crippen LogP contribution in [-0.2, 0) is 16.1 Å². The lowest BCUT2D eigenvalue weighted by atomic mass is 10.1. The third-order valence-corrected chi connectivity index (χ3v) is 5.81. The van der Waals surface area contributed by atoms with E-state index in [4.69, 9.17) is 14.2 Å². The summed E-state index contributed by atoms with van der Waals surface area (Å²) in [5.74, 6) is 1.43. The molecule has 3 aromatic carbocycles. The van der Waals surface area contributed by atoms with Crippen LogP contribution in [0.4, 0.5) is 0 Å². The van der Waals surface area contributed by atoms with Crippen molar-refractivity contribution >= 4 is 49.7 Å². The zero-order valence-electron chi connectivity index (χ0n) is 17.3. The van der Waals surface area contributed by atoms with Gasteiger partial charge >= 0.3 is 5.97 Å². The van der Waals surface area contributed by atoms with E-state index in [2.05, 4.69) is 31.9 Å². The van der Waals surface area contributed by atoms with Crippen LogP contribution in [0.5, 0.6) is 11.5 Å². The Morgan fingerprint density at radius 1 is 0.875 bits per heavy atom. The number of esters is 1. The molecule has 0 bridgehead atoms. The van der Waals surface area contributed by atoms with Crippen LogP contribution in [0, 0.1) is 0 Å². The molecule has 0 amide bonds. The molecule has 32 heavy (non-hydrogen) atoms. The lowest BCUT2D eigenvalue weighted by molar-refractivity contribution is -0.130. The van der Waals surface area contributed by atoms with E-state index < -0.39 is 0 Å². The summed E-state index contributed by atoms with van der Waals surface area (Å²) < 4.78 is 19.2. The highest BCUT2D eigenvalue weighted by molar-refractivity contribution is 9.10. The number of hydrogen-bond donors (Lipinski definition) is 0. The van der Waals surface area contributed by atoms with Crippen molar-refractivity contribution in [3.8, 4) is 11.5 Å². The van der Waals surface area contributed by atoms with Crippen molar-refractivity contribution < 1.29 is 19.0 Å². The summed E-state index contributed by atoms with van der Waals surface area (Å²) in [7, 11) is 0. The molecule has 4 nitrogen and oxygen atoms in total. The monoisotopic (exact) mass is 554 g/mol. The van der Waals surface area contributed by atoms with Crippen molar-refractivity contribution in [1.29, 1.82) is 0 Å². The predicted octanol–water partition coefficient (Wildman–Crippen LogP) is 7.17. The van der Waals surface area contributed by atoms with Crippen molar-refractivity contribution in [2.75, 3.05) is 6.61 Å². The Bertz CT molecular complexity index is 1180. The van der Waals surface area contributed by atoms with E-state index in [9.17, 15) is 4.79 Å². The molecular formula is C26H20Br2O4.